The third-order valence-electron chi connectivity index (χ3n) is 3.63. The highest BCUT2D eigenvalue weighted by Gasteiger charge is 2.43. The Labute approximate surface area is 113 Å². The molecule has 0 saturated carbocycles. The average Bonchev–Trinajstić information content (AvgIpc) is 2.72. The minimum atomic E-state index is -0.822. The second kappa shape index (κ2) is 5.82. The highest BCUT2D eigenvalue weighted by Crippen LogP contribution is 2.30. The molecule has 1 saturated heterocycles. The number of nitrogens with zero attached hydrogens (tertiary/aromatic N) is 2. The quantitative estimate of drug-likeness (QED) is 0.845. The number of thioether (sulfide) groups is 1. The average molecular weight is 274 g/mol. The lowest BCUT2D eigenvalue weighted by Crippen LogP contribution is -2.46. The molecule has 18 heavy (non-hydrogen) atoms. The van der Waals surface area contributed by atoms with Crippen molar-refractivity contribution in [3.63, 3.8) is 0 Å². The summed E-state index contributed by atoms with van der Waals surface area (Å²) < 4.78 is 0. The first kappa shape index (κ1) is 15.1. The van der Waals surface area contributed by atoms with Crippen LogP contribution in [0, 0.1) is 5.41 Å². The van der Waals surface area contributed by atoms with Gasteiger partial charge in [-0.25, -0.2) is 4.79 Å². The third-order valence-corrected chi connectivity index (χ3v) is 4.45. The van der Waals surface area contributed by atoms with E-state index in [1.165, 1.54) is 0 Å². The Morgan fingerprint density at radius 2 is 2.17 bits per heavy atom. The van der Waals surface area contributed by atoms with Crippen molar-refractivity contribution in [3.05, 3.63) is 0 Å². The van der Waals surface area contributed by atoms with Crippen LogP contribution in [0.25, 0.3) is 0 Å². The molecule has 0 aliphatic carbocycles. The van der Waals surface area contributed by atoms with E-state index in [9.17, 15) is 9.59 Å². The SMILES string of the molecule is CSCC(C)N(C)C(=O)N1CCC(C)(C(=O)O)C1. The molecule has 0 aromatic rings. The number of amides is 2. The normalized spacial score (nSPS) is 25.0. The predicted molar refractivity (Wildman–Crippen MR) is 72.9 cm³/mol. The van der Waals surface area contributed by atoms with E-state index in [0.29, 0.717) is 19.5 Å². The first-order chi connectivity index (χ1) is 8.31. The number of hydrogen-bond acceptors (Lipinski definition) is 3. The number of carboxylic acids is 1. The molecule has 5 nitrogen and oxygen atoms in total. The van der Waals surface area contributed by atoms with E-state index in [1.54, 1.807) is 35.5 Å². The molecule has 6 heteroatoms. The number of aliphatic carboxylic acids is 1. The van der Waals surface area contributed by atoms with Gasteiger partial charge >= 0.3 is 12.0 Å². The summed E-state index contributed by atoms with van der Waals surface area (Å²) in [5, 5.41) is 9.15. The molecule has 0 bridgehead atoms. The molecular weight excluding hydrogens is 252 g/mol. The monoisotopic (exact) mass is 274 g/mol. The molecular formula is C12H22N2O3S. The van der Waals surface area contributed by atoms with Gasteiger partial charge in [0, 0.05) is 31.9 Å². The van der Waals surface area contributed by atoms with Gasteiger partial charge in [-0.2, -0.15) is 11.8 Å². The van der Waals surface area contributed by atoms with Gasteiger partial charge in [-0.15, -0.1) is 0 Å². The van der Waals surface area contributed by atoms with E-state index >= 15 is 0 Å². The van der Waals surface area contributed by atoms with Gasteiger partial charge in [0.1, 0.15) is 0 Å². The van der Waals surface area contributed by atoms with Crippen molar-refractivity contribution in [2.75, 3.05) is 32.1 Å². The van der Waals surface area contributed by atoms with Crippen LogP contribution in [-0.2, 0) is 4.79 Å². The number of carbonyl (C=O) groups is 2. The van der Waals surface area contributed by atoms with Crippen LogP contribution in [0.3, 0.4) is 0 Å². The zero-order chi connectivity index (χ0) is 13.9. The van der Waals surface area contributed by atoms with Gasteiger partial charge in [-0.05, 0) is 26.5 Å². The van der Waals surface area contributed by atoms with Crippen LogP contribution in [0.1, 0.15) is 20.3 Å². The van der Waals surface area contributed by atoms with E-state index in [2.05, 4.69) is 0 Å². The van der Waals surface area contributed by atoms with Crippen LogP contribution in [0.2, 0.25) is 0 Å². The summed E-state index contributed by atoms with van der Waals surface area (Å²) in [5.41, 5.74) is -0.792. The van der Waals surface area contributed by atoms with E-state index in [0.717, 1.165) is 5.75 Å². The van der Waals surface area contributed by atoms with Gasteiger partial charge in [0.15, 0.2) is 0 Å². The van der Waals surface area contributed by atoms with Gasteiger partial charge in [0.05, 0.1) is 5.41 Å². The molecule has 0 radical (unpaired) electrons. The van der Waals surface area contributed by atoms with Crippen molar-refractivity contribution in [2.24, 2.45) is 5.41 Å². The number of hydrogen-bond donors (Lipinski definition) is 1. The van der Waals surface area contributed by atoms with Gasteiger partial charge in [-0.1, -0.05) is 0 Å². The summed E-state index contributed by atoms with van der Waals surface area (Å²) >= 11 is 1.70. The Morgan fingerprint density at radius 3 is 2.61 bits per heavy atom. The zero-order valence-electron chi connectivity index (χ0n) is 11.5. The van der Waals surface area contributed by atoms with Gasteiger partial charge in [0.25, 0.3) is 0 Å². The molecule has 1 aliphatic rings. The molecule has 0 aromatic heterocycles. The maximum atomic E-state index is 12.2. The summed E-state index contributed by atoms with van der Waals surface area (Å²) in [6, 6.07) is 0.0886. The lowest BCUT2D eigenvalue weighted by Gasteiger charge is -2.30. The second-order valence-electron chi connectivity index (χ2n) is 5.24. The van der Waals surface area contributed by atoms with Crippen LogP contribution in [0.15, 0.2) is 0 Å². The van der Waals surface area contributed by atoms with Crippen molar-refractivity contribution in [3.8, 4) is 0 Å². The molecule has 2 unspecified atom stereocenters. The first-order valence-electron chi connectivity index (χ1n) is 6.06. The Kier molecular flexibility index (Phi) is 4.90. The summed E-state index contributed by atoms with van der Waals surface area (Å²) in [5.74, 6) is 0.0596. The fraction of sp³-hybridized carbons (Fsp3) is 0.833. The Bertz CT molecular complexity index is 337. The fourth-order valence-electron chi connectivity index (χ4n) is 2.06. The second-order valence-corrected chi connectivity index (χ2v) is 6.15. The molecule has 1 fully saturated rings. The van der Waals surface area contributed by atoms with Crippen molar-refractivity contribution < 1.29 is 14.7 Å². The highest BCUT2D eigenvalue weighted by atomic mass is 32.2. The molecule has 2 atom stereocenters. The highest BCUT2D eigenvalue weighted by molar-refractivity contribution is 7.98. The molecule has 104 valence electrons. The summed E-state index contributed by atoms with van der Waals surface area (Å²) in [7, 11) is 1.78. The zero-order valence-corrected chi connectivity index (χ0v) is 12.3. The maximum Gasteiger partial charge on any atom is 0.320 e. The van der Waals surface area contributed by atoms with E-state index < -0.39 is 11.4 Å². The minimum Gasteiger partial charge on any atom is -0.481 e. The third kappa shape index (κ3) is 3.10. The van der Waals surface area contributed by atoms with Crippen molar-refractivity contribution in [1.82, 2.24) is 9.80 Å². The van der Waals surface area contributed by atoms with Crippen molar-refractivity contribution in [1.29, 1.82) is 0 Å². The Hall–Kier alpha value is -0.910. The maximum absolute atomic E-state index is 12.2. The first-order valence-corrected chi connectivity index (χ1v) is 7.45. The van der Waals surface area contributed by atoms with Crippen LogP contribution in [0.5, 0.6) is 0 Å². The van der Waals surface area contributed by atoms with E-state index in [-0.39, 0.29) is 12.1 Å². The standard InChI is InChI=1S/C12H22N2O3S/c1-9(7-18-4)13(3)11(17)14-6-5-12(2,8-14)10(15)16/h9H,5-8H2,1-4H3,(H,15,16). The number of carbonyl (C=O) groups excluding carboxylic acids is 1. The summed E-state index contributed by atoms with van der Waals surface area (Å²) in [6.45, 7) is 4.53. The largest absolute Gasteiger partial charge is 0.481 e. The van der Waals surface area contributed by atoms with Crippen LogP contribution in [-0.4, -0.2) is 65.1 Å². The smallest absolute Gasteiger partial charge is 0.320 e. The van der Waals surface area contributed by atoms with Crippen molar-refractivity contribution in [2.45, 2.75) is 26.3 Å². The molecule has 1 N–H and O–H groups in total. The Morgan fingerprint density at radius 1 is 1.56 bits per heavy atom. The van der Waals surface area contributed by atoms with Crippen molar-refractivity contribution >= 4 is 23.8 Å². The Balaban J connectivity index is 2.62. The lowest BCUT2D eigenvalue weighted by molar-refractivity contribution is -0.147. The molecule has 1 rings (SSSR count). The van der Waals surface area contributed by atoms with E-state index in [4.69, 9.17) is 5.11 Å². The van der Waals surface area contributed by atoms with Gasteiger partial charge < -0.3 is 14.9 Å². The van der Waals surface area contributed by atoms with Crippen LogP contribution < -0.4 is 0 Å². The number of carboxylic acid groups (broad SMARTS) is 1. The van der Waals surface area contributed by atoms with Crippen LogP contribution >= 0.6 is 11.8 Å². The summed E-state index contributed by atoms with van der Waals surface area (Å²) in [4.78, 5) is 26.7. The number of likely N-dealkylation sites (tertiary alicyclic amines) is 1. The lowest BCUT2D eigenvalue weighted by atomic mass is 9.90. The van der Waals surface area contributed by atoms with E-state index in [1.807, 2.05) is 13.2 Å². The molecule has 0 spiro atoms. The van der Waals surface area contributed by atoms with Gasteiger partial charge in [-0.3, -0.25) is 4.79 Å². The molecule has 0 aromatic carbocycles. The number of rotatable bonds is 4. The molecule has 1 heterocycles. The minimum absolute atomic E-state index is 0.0680. The van der Waals surface area contributed by atoms with Crippen LogP contribution in [0.4, 0.5) is 4.79 Å². The predicted octanol–water partition coefficient (Wildman–Crippen LogP) is 1.59. The van der Waals surface area contributed by atoms with Gasteiger partial charge in [0.2, 0.25) is 0 Å². The molecule has 1 aliphatic heterocycles. The number of urea groups is 1. The fourth-order valence-corrected chi connectivity index (χ4v) is 2.77. The topological polar surface area (TPSA) is 60.9 Å². The summed E-state index contributed by atoms with van der Waals surface area (Å²) in [6.07, 6.45) is 2.53. The molecule has 2 amide bonds.